The van der Waals surface area contributed by atoms with E-state index in [9.17, 15) is 18.5 Å². The summed E-state index contributed by atoms with van der Waals surface area (Å²) in [5.74, 6) is 0. The number of aromatic amines is 1. The molecule has 0 saturated carbocycles. The topological polar surface area (TPSA) is 140 Å². The Balaban J connectivity index is 2.32. The Labute approximate surface area is 122 Å². The third-order valence-electron chi connectivity index (χ3n) is 2.98. The molecule has 10 nitrogen and oxygen atoms in total. The lowest BCUT2D eigenvalue weighted by molar-refractivity contribution is -0.0566. The standard InChI is InChI=1S/C10H14FN2O8P/c1-19-4-5-8(21-22(16,17)18)7(11)9(20-5)13-3-2-6(14)12-10(13)15/h2-3,5,7-9H,4H2,1H3,(H,12,14,15)(H2,16,17,18). The number of phosphoric acid groups is 1. The monoisotopic (exact) mass is 340 g/mol. The van der Waals surface area contributed by atoms with Crippen LogP contribution in [-0.4, -0.2) is 51.4 Å². The maximum Gasteiger partial charge on any atom is 0.470 e. The number of nitrogens with one attached hydrogen (secondary N) is 1. The second-order valence-corrected chi connectivity index (χ2v) is 5.73. The number of ether oxygens (including phenoxy) is 2. The molecule has 1 aliphatic heterocycles. The van der Waals surface area contributed by atoms with Gasteiger partial charge in [-0.1, -0.05) is 0 Å². The minimum absolute atomic E-state index is 0.209. The Morgan fingerprint density at radius 1 is 1.50 bits per heavy atom. The molecule has 1 fully saturated rings. The molecule has 0 radical (unpaired) electrons. The van der Waals surface area contributed by atoms with Gasteiger partial charge in [0, 0.05) is 19.4 Å². The molecule has 2 rings (SSSR count). The summed E-state index contributed by atoms with van der Waals surface area (Å²) < 4.78 is 40.5. The summed E-state index contributed by atoms with van der Waals surface area (Å²) in [5, 5.41) is 0. The quantitative estimate of drug-likeness (QED) is 0.574. The number of aromatic nitrogens is 2. The summed E-state index contributed by atoms with van der Waals surface area (Å²) >= 11 is 0. The first-order valence-electron chi connectivity index (χ1n) is 6.07. The van der Waals surface area contributed by atoms with Crippen molar-refractivity contribution < 1.29 is 32.7 Å². The van der Waals surface area contributed by atoms with Crippen molar-refractivity contribution in [2.75, 3.05) is 13.7 Å². The van der Waals surface area contributed by atoms with Gasteiger partial charge in [0.1, 0.15) is 12.2 Å². The zero-order chi connectivity index (χ0) is 16.5. The predicted octanol–water partition coefficient (Wildman–Crippen LogP) is -1.10. The van der Waals surface area contributed by atoms with Crippen LogP contribution >= 0.6 is 7.82 Å². The van der Waals surface area contributed by atoms with Gasteiger partial charge in [-0.2, -0.15) is 0 Å². The van der Waals surface area contributed by atoms with E-state index in [0.29, 0.717) is 0 Å². The molecule has 3 N–H and O–H groups in total. The highest BCUT2D eigenvalue weighted by molar-refractivity contribution is 7.46. The molecule has 1 saturated heterocycles. The molecule has 12 heteroatoms. The summed E-state index contributed by atoms with van der Waals surface area (Å²) in [7, 11) is -3.69. The average molecular weight is 340 g/mol. The Kier molecular flexibility index (Phi) is 4.95. The van der Waals surface area contributed by atoms with Crippen molar-refractivity contribution >= 4 is 7.82 Å². The molecule has 0 aliphatic carbocycles. The Bertz CT molecular complexity index is 684. The number of nitrogens with zero attached hydrogens (tertiary/aromatic N) is 1. The number of phosphoric ester groups is 1. The van der Waals surface area contributed by atoms with E-state index in [2.05, 4.69) is 4.52 Å². The molecule has 4 unspecified atom stereocenters. The molecule has 22 heavy (non-hydrogen) atoms. The molecule has 0 aromatic carbocycles. The Hall–Kier alpha value is -1.36. The van der Waals surface area contributed by atoms with Crippen molar-refractivity contribution in [2.24, 2.45) is 0 Å². The zero-order valence-electron chi connectivity index (χ0n) is 11.3. The minimum Gasteiger partial charge on any atom is -0.382 e. The fraction of sp³-hybridized carbons (Fsp3) is 0.600. The molecular formula is C10H14FN2O8P. The number of hydrogen-bond acceptors (Lipinski definition) is 6. The second kappa shape index (κ2) is 6.41. The molecule has 2 heterocycles. The molecule has 1 aliphatic rings. The third kappa shape index (κ3) is 3.69. The molecule has 0 amide bonds. The van der Waals surface area contributed by atoms with E-state index < -0.39 is 43.7 Å². The van der Waals surface area contributed by atoms with Crippen molar-refractivity contribution in [1.29, 1.82) is 0 Å². The maximum absolute atomic E-state index is 14.4. The van der Waals surface area contributed by atoms with E-state index in [1.165, 1.54) is 7.11 Å². The molecule has 0 bridgehead atoms. The maximum atomic E-state index is 14.4. The first kappa shape index (κ1) is 17.0. The van der Waals surface area contributed by atoms with E-state index >= 15 is 0 Å². The number of methoxy groups -OCH3 is 1. The summed E-state index contributed by atoms with van der Waals surface area (Å²) in [4.78, 5) is 42.3. The van der Waals surface area contributed by atoms with Gasteiger partial charge >= 0.3 is 13.5 Å². The van der Waals surface area contributed by atoms with Crippen LogP contribution in [0.25, 0.3) is 0 Å². The number of halogens is 1. The van der Waals surface area contributed by atoms with E-state index in [1.54, 1.807) is 0 Å². The number of H-pyrrole nitrogens is 1. The van der Waals surface area contributed by atoms with Gasteiger partial charge in [0.15, 0.2) is 12.4 Å². The van der Waals surface area contributed by atoms with Crippen molar-refractivity contribution in [3.63, 3.8) is 0 Å². The average Bonchev–Trinajstić information content (AvgIpc) is 2.67. The fourth-order valence-electron chi connectivity index (χ4n) is 2.13. The molecular weight excluding hydrogens is 326 g/mol. The van der Waals surface area contributed by atoms with Crippen LogP contribution < -0.4 is 11.2 Å². The predicted molar refractivity (Wildman–Crippen MR) is 68.9 cm³/mol. The van der Waals surface area contributed by atoms with Crippen LogP contribution in [0.3, 0.4) is 0 Å². The Morgan fingerprint density at radius 2 is 2.18 bits per heavy atom. The largest absolute Gasteiger partial charge is 0.470 e. The van der Waals surface area contributed by atoms with Gasteiger partial charge in [-0.3, -0.25) is 18.9 Å². The van der Waals surface area contributed by atoms with Crippen molar-refractivity contribution in [3.05, 3.63) is 33.1 Å². The molecule has 1 aromatic rings. The van der Waals surface area contributed by atoms with Gasteiger partial charge in [-0.15, -0.1) is 0 Å². The normalized spacial score (nSPS) is 28.9. The highest BCUT2D eigenvalue weighted by Gasteiger charge is 2.49. The summed E-state index contributed by atoms with van der Waals surface area (Å²) in [5.41, 5.74) is -1.60. The second-order valence-electron chi connectivity index (χ2n) is 4.54. The Morgan fingerprint density at radius 3 is 2.73 bits per heavy atom. The SMILES string of the molecule is COCC1OC(n2ccc(=O)[nH]c2=O)C(F)C1OP(=O)(O)O. The first-order valence-corrected chi connectivity index (χ1v) is 7.60. The smallest absolute Gasteiger partial charge is 0.382 e. The highest BCUT2D eigenvalue weighted by atomic mass is 31.2. The zero-order valence-corrected chi connectivity index (χ0v) is 12.2. The summed E-state index contributed by atoms with van der Waals surface area (Å²) in [6, 6.07) is 0.986. The lowest BCUT2D eigenvalue weighted by Gasteiger charge is -2.19. The fourth-order valence-corrected chi connectivity index (χ4v) is 2.70. The highest BCUT2D eigenvalue weighted by Crippen LogP contribution is 2.44. The van der Waals surface area contributed by atoms with Gasteiger partial charge in [-0.25, -0.2) is 13.8 Å². The van der Waals surface area contributed by atoms with Gasteiger partial charge in [-0.05, 0) is 0 Å². The lowest BCUT2D eigenvalue weighted by Crippen LogP contribution is -2.36. The van der Waals surface area contributed by atoms with Gasteiger partial charge in [0.2, 0.25) is 0 Å². The first-order chi connectivity index (χ1) is 10.2. The van der Waals surface area contributed by atoms with Gasteiger partial charge in [0.05, 0.1) is 6.61 Å². The van der Waals surface area contributed by atoms with Crippen molar-refractivity contribution in [3.8, 4) is 0 Å². The molecule has 124 valence electrons. The van der Waals surface area contributed by atoms with Crippen LogP contribution in [0.1, 0.15) is 6.23 Å². The van der Waals surface area contributed by atoms with Crippen LogP contribution in [0.15, 0.2) is 21.9 Å². The molecule has 0 spiro atoms. The van der Waals surface area contributed by atoms with Crippen molar-refractivity contribution in [1.82, 2.24) is 9.55 Å². The van der Waals surface area contributed by atoms with E-state index in [1.807, 2.05) is 4.98 Å². The van der Waals surface area contributed by atoms with Gasteiger partial charge < -0.3 is 19.3 Å². The van der Waals surface area contributed by atoms with E-state index in [4.69, 9.17) is 19.3 Å². The van der Waals surface area contributed by atoms with Crippen LogP contribution in [0.4, 0.5) is 4.39 Å². The van der Waals surface area contributed by atoms with Crippen LogP contribution in [0.2, 0.25) is 0 Å². The summed E-state index contributed by atoms with van der Waals surface area (Å²) in [6.45, 7) is -0.209. The lowest BCUT2D eigenvalue weighted by atomic mass is 10.1. The molecule has 4 atom stereocenters. The molecule has 1 aromatic heterocycles. The van der Waals surface area contributed by atoms with Gasteiger partial charge in [0.25, 0.3) is 5.56 Å². The van der Waals surface area contributed by atoms with Crippen molar-refractivity contribution in [2.45, 2.75) is 24.6 Å². The number of hydrogen-bond donors (Lipinski definition) is 3. The van der Waals surface area contributed by atoms with Crippen LogP contribution in [-0.2, 0) is 18.6 Å². The minimum atomic E-state index is -4.97. The number of alkyl halides is 1. The summed E-state index contributed by atoms with van der Waals surface area (Å²) in [6.07, 6.45) is -5.33. The van der Waals surface area contributed by atoms with E-state index in [0.717, 1.165) is 16.8 Å². The van der Waals surface area contributed by atoms with Crippen LogP contribution in [0.5, 0.6) is 0 Å². The van der Waals surface area contributed by atoms with E-state index in [-0.39, 0.29) is 6.61 Å². The van der Waals surface area contributed by atoms with Crippen LogP contribution in [0, 0.1) is 0 Å². The number of rotatable bonds is 5. The third-order valence-corrected chi connectivity index (χ3v) is 3.50.